The summed E-state index contributed by atoms with van der Waals surface area (Å²) in [6, 6.07) is 13.9. The van der Waals surface area contributed by atoms with E-state index in [1.807, 2.05) is 0 Å². The van der Waals surface area contributed by atoms with Gasteiger partial charge in [-0.15, -0.1) is 0 Å². The molecule has 2 rings (SSSR count). The molecule has 6 nitrogen and oxygen atoms in total. The molecule has 8 heteroatoms. The Labute approximate surface area is 157 Å². The molecule has 26 heavy (non-hydrogen) atoms. The van der Waals surface area contributed by atoms with E-state index in [1.165, 1.54) is 0 Å². The molecule has 0 heterocycles. The van der Waals surface area contributed by atoms with Gasteiger partial charge < -0.3 is 10.6 Å². The smallest absolute Gasteiger partial charge is 0.251 e. The fraction of sp³-hybridized carbons (Fsp3) is 0.222. The van der Waals surface area contributed by atoms with Crippen LogP contribution < -0.4 is 10.6 Å². The lowest BCUT2D eigenvalue weighted by Gasteiger charge is -2.18. The largest absolute Gasteiger partial charge is 0.340 e. The standard InChI is InChI=1S/C18H19ClN2O4S/c1-26(24,25)11-10-16(21-17(22)13-6-3-2-4-7-13)18(23)20-15-9-5-8-14(19)12-15/h2-9,12,16H,10-11H2,1H3,(H,20,23)(H,21,22)/t16-/m1/s1. The van der Waals surface area contributed by atoms with E-state index >= 15 is 0 Å². The average Bonchev–Trinajstić information content (AvgIpc) is 2.58. The molecule has 0 unspecified atom stereocenters. The zero-order chi connectivity index (χ0) is 19.2. The van der Waals surface area contributed by atoms with Crippen LogP contribution in [0.4, 0.5) is 5.69 Å². The molecule has 0 aliphatic heterocycles. The number of nitrogens with one attached hydrogen (secondary N) is 2. The molecule has 2 amide bonds. The van der Waals surface area contributed by atoms with Crippen molar-refractivity contribution in [1.29, 1.82) is 0 Å². The highest BCUT2D eigenvalue weighted by Gasteiger charge is 2.23. The average molecular weight is 395 g/mol. The third-order valence-electron chi connectivity index (χ3n) is 3.53. The van der Waals surface area contributed by atoms with Gasteiger partial charge in [0.1, 0.15) is 15.9 Å². The number of sulfone groups is 1. The van der Waals surface area contributed by atoms with Gasteiger partial charge in [0, 0.05) is 22.5 Å². The van der Waals surface area contributed by atoms with Crippen molar-refractivity contribution in [2.75, 3.05) is 17.3 Å². The van der Waals surface area contributed by atoms with Gasteiger partial charge in [-0.25, -0.2) is 8.42 Å². The van der Waals surface area contributed by atoms with E-state index in [1.54, 1.807) is 54.6 Å². The lowest BCUT2D eigenvalue weighted by Crippen LogP contribution is -2.44. The van der Waals surface area contributed by atoms with Crippen molar-refractivity contribution < 1.29 is 18.0 Å². The molecule has 2 aromatic rings. The molecular formula is C18H19ClN2O4S. The quantitative estimate of drug-likeness (QED) is 0.754. The van der Waals surface area contributed by atoms with Crippen LogP contribution in [0.2, 0.25) is 5.02 Å². The molecule has 0 fully saturated rings. The number of hydrogen-bond donors (Lipinski definition) is 2. The number of halogens is 1. The number of anilines is 1. The summed E-state index contributed by atoms with van der Waals surface area (Å²) in [5.74, 6) is -1.19. The minimum atomic E-state index is -3.29. The Bertz CT molecular complexity index is 885. The Hall–Kier alpha value is -2.38. The first-order valence-electron chi connectivity index (χ1n) is 7.85. The summed E-state index contributed by atoms with van der Waals surface area (Å²) in [4.78, 5) is 24.9. The summed E-state index contributed by atoms with van der Waals surface area (Å²) < 4.78 is 22.9. The Morgan fingerprint density at radius 2 is 1.77 bits per heavy atom. The van der Waals surface area contributed by atoms with Crippen molar-refractivity contribution in [3.8, 4) is 0 Å². The second-order valence-corrected chi connectivity index (χ2v) is 8.51. The normalized spacial score (nSPS) is 12.2. The van der Waals surface area contributed by atoms with Crippen LogP contribution in [0.1, 0.15) is 16.8 Å². The minimum Gasteiger partial charge on any atom is -0.340 e. The first kappa shape index (κ1) is 19.9. The number of rotatable bonds is 7. The van der Waals surface area contributed by atoms with Gasteiger partial charge in [-0.3, -0.25) is 9.59 Å². The van der Waals surface area contributed by atoms with E-state index in [4.69, 9.17) is 11.6 Å². The van der Waals surface area contributed by atoms with Crippen LogP contribution in [0.3, 0.4) is 0 Å². The summed E-state index contributed by atoms with van der Waals surface area (Å²) in [5, 5.41) is 5.68. The second-order valence-electron chi connectivity index (χ2n) is 5.81. The number of carbonyl (C=O) groups excluding carboxylic acids is 2. The van der Waals surface area contributed by atoms with E-state index < -0.39 is 27.7 Å². The summed E-state index contributed by atoms with van der Waals surface area (Å²) in [6.45, 7) is 0. The number of amides is 2. The van der Waals surface area contributed by atoms with E-state index in [0.29, 0.717) is 16.3 Å². The van der Waals surface area contributed by atoms with Crippen molar-refractivity contribution in [1.82, 2.24) is 5.32 Å². The second kappa shape index (κ2) is 8.82. The van der Waals surface area contributed by atoms with Crippen LogP contribution in [0.15, 0.2) is 54.6 Å². The maximum Gasteiger partial charge on any atom is 0.251 e. The van der Waals surface area contributed by atoms with Crippen LogP contribution in [-0.2, 0) is 14.6 Å². The van der Waals surface area contributed by atoms with Crippen molar-refractivity contribution in [2.24, 2.45) is 0 Å². The van der Waals surface area contributed by atoms with Crippen LogP contribution in [-0.4, -0.2) is 38.3 Å². The maximum atomic E-state index is 12.5. The predicted molar refractivity (Wildman–Crippen MR) is 102 cm³/mol. The maximum absolute atomic E-state index is 12.5. The molecule has 0 radical (unpaired) electrons. The van der Waals surface area contributed by atoms with Crippen molar-refractivity contribution in [2.45, 2.75) is 12.5 Å². The number of hydrogen-bond acceptors (Lipinski definition) is 4. The van der Waals surface area contributed by atoms with Gasteiger partial charge in [0.15, 0.2) is 0 Å². The van der Waals surface area contributed by atoms with Gasteiger partial charge in [-0.2, -0.15) is 0 Å². The van der Waals surface area contributed by atoms with Crippen LogP contribution in [0.25, 0.3) is 0 Å². The molecule has 0 spiro atoms. The van der Waals surface area contributed by atoms with Crippen LogP contribution in [0.5, 0.6) is 0 Å². The van der Waals surface area contributed by atoms with Gasteiger partial charge in [0.25, 0.3) is 5.91 Å². The fourth-order valence-corrected chi connectivity index (χ4v) is 3.08. The monoisotopic (exact) mass is 394 g/mol. The summed E-state index contributed by atoms with van der Waals surface area (Å²) in [7, 11) is -3.29. The first-order valence-corrected chi connectivity index (χ1v) is 10.3. The lowest BCUT2D eigenvalue weighted by atomic mass is 10.1. The molecule has 0 aliphatic carbocycles. The topological polar surface area (TPSA) is 92.3 Å². The zero-order valence-electron chi connectivity index (χ0n) is 14.1. The van der Waals surface area contributed by atoms with Crippen molar-refractivity contribution >= 4 is 38.9 Å². The third kappa shape index (κ3) is 6.50. The van der Waals surface area contributed by atoms with Gasteiger partial charge >= 0.3 is 0 Å². The third-order valence-corrected chi connectivity index (χ3v) is 4.74. The number of benzene rings is 2. The van der Waals surface area contributed by atoms with Crippen molar-refractivity contribution in [3.05, 3.63) is 65.2 Å². The Morgan fingerprint density at radius 1 is 1.08 bits per heavy atom. The molecule has 0 aliphatic rings. The predicted octanol–water partition coefficient (Wildman–Crippen LogP) is 2.51. The van der Waals surface area contributed by atoms with Crippen LogP contribution >= 0.6 is 11.6 Å². The Balaban J connectivity index is 2.14. The molecule has 0 saturated carbocycles. The highest BCUT2D eigenvalue weighted by atomic mass is 35.5. The van der Waals surface area contributed by atoms with Gasteiger partial charge in [0.05, 0.1) is 5.75 Å². The fourth-order valence-electron chi connectivity index (χ4n) is 2.23. The van der Waals surface area contributed by atoms with E-state index in [9.17, 15) is 18.0 Å². The van der Waals surface area contributed by atoms with Crippen molar-refractivity contribution in [3.63, 3.8) is 0 Å². The van der Waals surface area contributed by atoms with E-state index in [0.717, 1.165) is 6.26 Å². The highest BCUT2D eigenvalue weighted by Crippen LogP contribution is 2.15. The lowest BCUT2D eigenvalue weighted by molar-refractivity contribution is -0.118. The van der Waals surface area contributed by atoms with Gasteiger partial charge in [0.2, 0.25) is 5.91 Å². The Kier molecular flexibility index (Phi) is 6.76. The summed E-state index contributed by atoms with van der Waals surface area (Å²) >= 11 is 5.89. The molecular weight excluding hydrogens is 376 g/mol. The minimum absolute atomic E-state index is 0.0379. The SMILES string of the molecule is CS(=O)(=O)CC[C@@H](NC(=O)c1ccccc1)C(=O)Nc1cccc(Cl)c1. The molecule has 0 saturated heterocycles. The van der Waals surface area contributed by atoms with Gasteiger partial charge in [-0.1, -0.05) is 35.9 Å². The van der Waals surface area contributed by atoms with Crippen LogP contribution in [0, 0.1) is 0 Å². The highest BCUT2D eigenvalue weighted by molar-refractivity contribution is 7.90. The first-order chi connectivity index (χ1) is 12.2. The molecule has 2 aromatic carbocycles. The number of carbonyl (C=O) groups is 2. The summed E-state index contributed by atoms with van der Waals surface area (Å²) in [5.41, 5.74) is 0.841. The molecule has 0 aromatic heterocycles. The molecule has 138 valence electrons. The zero-order valence-corrected chi connectivity index (χ0v) is 15.7. The Morgan fingerprint density at radius 3 is 2.38 bits per heavy atom. The van der Waals surface area contributed by atoms with E-state index in [-0.39, 0.29) is 12.2 Å². The molecule has 0 bridgehead atoms. The summed E-state index contributed by atoms with van der Waals surface area (Å²) in [6.07, 6.45) is 1.04. The van der Waals surface area contributed by atoms with E-state index in [2.05, 4.69) is 10.6 Å². The molecule has 2 N–H and O–H groups in total. The van der Waals surface area contributed by atoms with Gasteiger partial charge in [-0.05, 0) is 36.8 Å². The molecule has 1 atom stereocenters.